The topological polar surface area (TPSA) is 629 Å². The van der Waals surface area contributed by atoms with E-state index < -0.39 is 279 Å². The van der Waals surface area contributed by atoms with Crippen molar-refractivity contribution < 1.29 is 178 Å². The van der Waals surface area contributed by atoms with Crippen molar-refractivity contribution in [3.8, 4) is 0 Å². The Morgan fingerprint density at radius 2 is 0.955 bits per heavy atom. The summed E-state index contributed by atoms with van der Waals surface area (Å²) in [6, 6.07) is -6.57. The van der Waals surface area contributed by atoms with Gasteiger partial charge in [0.1, 0.15) is 140 Å². The number of carboxylic acids is 1. The largest absolute Gasteiger partial charge is 0.477 e. The number of carbonyl (C=O) groups is 5. The fraction of sp³-hybridized carbons (Fsp3) is 0.898. The first-order chi connectivity index (χ1) is 42.1. The van der Waals surface area contributed by atoms with Crippen LogP contribution in [0.15, 0.2) is 0 Å². The molecule has 23 N–H and O–H groups in total. The minimum absolute atomic E-state index is 0.227. The van der Waals surface area contributed by atoms with E-state index in [-0.39, 0.29) is 6.41 Å². The summed E-state index contributed by atoms with van der Waals surface area (Å²) in [7, 11) is 0. The van der Waals surface area contributed by atoms with E-state index in [1.165, 1.54) is 0 Å². The Hall–Kier alpha value is -3.85. The van der Waals surface area contributed by atoms with Gasteiger partial charge in [-0.05, 0) is 0 Å². The number of amides is 4. The molecular formula is C49H82N4O36. The van der Waals surface area contributed by atoms with Crippen molar-refractivity contribution in [3.63, 3.8) is 0 Å². The number of ether oxygens (including phenoxy) is 12. The summed E-state index contributed by atoms with van der Waals surface area (Å²) < 4.78 is 70.4. The Bertz CT molecular complexity index is 2270. The minimum Gasteiger partial charge on any atom is -0.477 e. The molecule has 6 aliphatic rings. The number of nitrogens with one attached hydrogen (secondary N) is 4. The Morgan fingerprint density at radius 3 is 1.48 bits per heavy atom. The zero-order valence-electron chi connectivity index (χ0n) is 47.8. The molecule has 0 saturated carbocycles. The quantitative estimate of drug-likeness (QED) is 0.0324. The number of aliphatic hydroxyl groups is 18. The molecule has 0 aromatic carbocycles. The van der Waals surface area contributed by atoms with Crippen LogP contribution in [0.5, 0.6) is 0 Å². The van der Waals surface area contributed by atoms with Crippen molar-refractivity contribution in [3.05, 3.63) is 0 Å². The van der Waals surface area contributed by atoms with Crippen molar-refractivity contribution in [2.24, 2.45) is 0 Å². The van der Waals surface area contributed by atoms with E-state index in [0.717, 1.165) is 20.8 Å². The van der Waals surface area contributed by atoms with E-state index in [9.17, 15) is 121 Å². The molecule has 4 amide bonds. The number of aliphatic hydroxyl groups excluding tert-OH is 18. The van der Waals surface area contributed by atoms with Crippen LogP contribution in [-0.2, 0) is 80.8 Å². The molecule has 6 fully saturated rings. The summed E-state index contributed by atoms with van der Waals surface area (Å²) in [4.78, 5) is 62.5. The molecule has 6 rings (SSSR count). The second-order valence-electron chi connectivity index (χ2n) is 21.9. The molecule has 0 aromatic heterocycles. The number of carboxylic acid groups (broad SMARTS) is 1. The van der Waals surface area contributed by atoms with Crippen LogP contribution in [0.2, 0.25) is 0 Å². The molecule has 0 bridgehead atoms. The van der Waals surface area contributed by atoms with Gasteiger partial charge in [-0.25, -0.2) is 4.79 Å². The predicted octanol–water partition coefficient (Wildman–Crippen LogP) is -15.3. The Labute approximate surface area is 504 Å². The average Bonchev–Trinajstić information content (AvgIpc) is 1.45. The fourth-order valence-electron chi connectivity index (χ4n) is 11.0. The molecule has 6 saturated heterocycles. The smallest absolute Gasteiger partial charge is 0.364 e. The number of hydrogen-bond donors (Lipinski definition) is 23. The van der Waals surface area contributed by atoms with Gasteiger partial charge < -0.3 is 175 Å². The van der Waals surface area contributed by atoms with Crippen LogP contribution in [-0.4, -0.2) is 376 Å². The first-order valence-electron chi connectivity index (χ1n) is 27.9. The van der Waals surface area contributed by atoms with Crippen LogP contribution >= 0.6 is 0 Å². The van der Waals surface area contributed by atoms with Crippen LogP contribution in [0, 0.1) is 0 Å². The number of rotatable bonds is 28. The standard InChI is InChI=1S/C49H82N4O36/c1-14(62)51-25-18(65)4-49(48(76)77,88-40(25)28(67)19(66)6-55)89-42-36(75)47(84-37-23(10-59)82-45(34(73)33(37)72)78-12-17(5-54)50-13-61)83-24(11-60)38(42)85-44-27(53-16(3)64)39(30(69)21(8-57)80-44)86-46-35(74)41(31(70)22(9-58)81-46)87-43-26(52-15(2)63)32(71)29(68)20(7-56)79-43/h13,17-47,54-60,65-75H,4-12H2,1-3H3,(H,50,61)(H,51,62)(H,52,63)(H,53,64)(H,76,77)/t17-,18+,19-,20-,21-,22-,23-,24-,25-,26-,27-,28-,29+,30+,31+,32-,33-,34-,35-,36-,37-,38+,39-,40-,41+,42-,43+,44+,45-,46+,47+,49+/m1/s1. The number of aliphatic carboxylic acids is 1. The first-order valence-corrected chi connectivity index (χ1v) is 27.9. The van der Waals surface area contributed by atoms with Gasteiger partial charge in [-0.3, -0.25) is 19.2 Å². The molecule has 0 aromatic rings. The van der Waals surface area contributed by atoms with E-state index in [2.05, 4.69) is 21.3 Å². The molecule has 0 radical (unpaired) electrons. The van der Waals surface area contributed by atoms with Crippen LogP contribution < -0.4 is 21.3 Å². The monoisotopic (exact) mass is 1300 g/mol. The third-order valence-electron chi connectivity index (χ3n) is 15.6. The molecule has 0 spiro atoms. The van der Waals surface area contributed by atoms with Crippen molar-refractivity contribution in [2.45, 2.75) is 223 Å². The third-order valence-corrected chi connectivity index (χ3v) is 15.6. The van der Waals surface area contributed by atoms with Crippen molar-refractivity contribution >= 4 is 30.1 Å². The molecule has 32 atom stereocenters. The summed E-state index contributed by atoms with van der Waals surface area (Å²) in [5.74, 6) is -8.35. The Morgan fingerprint density at radius 1 is 0.506 bits per heavy atom. The second-order valence-corrected chi connectivity index (χ2v) is 21.9. The molecule has 514 valence electrons. The molecule has 0 aliphatic carbocycles. The Balaban J connectivity index is 1.41. The van der Waals surface area contributed by atoms with E-state index in [4.69, 9.17) is 56.8 Å². The van der Waals surface area contributed by atoms with E-state index >= 15 is 0 Å². The number of carbonyl (C=O) groups excluding carboxylic acids is 4. The third kappa shape index (κ3) is 16.9. The van der Waals surface area contributed by atoms with Crippen molar-refractivity contribution in [1.82, 2.24) is 21.3 Å². The van der Waals surface area contributed by atoms with Gasteiger partial charge in [0.25, 0.3) is 5.79 Å². The lowest BCUT2D eigenvalue weighted by atomic mass is 9.88. The lowest BCUT2D eigenvalue weighted by molar-refractivity contribution is -0.404. The van der Waals surface area contributed by atoms with Crippen LogP contribution in [0.3, 0.4) is 0 Å². The van der Waals surface area contributed by atoms with Gasteiger partial charge >= 0.3 is 5.97 Å². The zero-order chi connectivity index (χ0) is 66.1. The second kappa shape index (κ2) is 32.8. The normalized spacial score (nSPS) is 43.8. The van der Waals surface area contributed by atoms with Gasteiger partial charge in [-0.2, -0.15) is 0 Å². The Kier molecular flexibility index (Phi) is 27.4. The van der Waals surface area contributed by atoms with E-state index in [1.807, 2.05) is 0 Å². The molecule has 89 heavy (non-hydrogen) atoms. The molecular weight excluding hydrogens is 1220 g/mol. The highest BCUT2D eigenvalue weighted by Gasteiger charge is 2.63. The van der Waals surface area contributed by atoms with Gasteiger partial charge in [-0.1, -0.05) is 0 Å². The molecule has 40 heteroatoms. The highest BCUT2D eigenvalue weighted by molar-refractivity contribution is 5.77. The van der Waals surface area contributed by atoms with E-state index in [0.29, 0.717) is 0 Å². The lowest BCUT2D eigenvalue weighted by Gasteiger charge is -2.53. The summed E-state index contributed by atoms with van der Waals surface area (Å²) >= 11 is 0. The van der Waals surface area contributed by atoms with Gasteiger partial charge in [0.15, 0.2) is 31.5 Å². The molecule has 0 unspecified atom stereocenters. The summed E-state index contributed by atoms with van der Waals surface area (Å²) in [5.41, 5.74) is 0. The van der Waals surface area contributed by atoms with E-state index in [1.54, 1.807) is 0 Å². The van der Waals surface area contributed by atoms with Crippen LogP contribution in [0.1, 0.15) is 27.2 Å². The van der Waals surface area contributed by atoms with Gasteiger partial charge in [-0.15, -0.1) is 0 Å². The van der Waals surface area contributed by atoms with Crippen molar-refractivity contribution in [2.75, 3.05) is 52.9 Å². The zero-order valence-corrected chi connectivity index (χ0v) is 47.8. The lowest BCUT2D eigenvalue weighted by Crippen LogP contribution is -2.72. The molecule has 6 heterocycles. The van der Waals surface area contributed by atoms with Crippen LogP contribution in [0.25, 0.3) is 0 Å². The maximum Gasteiger partial charge on any atom is 0.364 e. The maximum atomic E-state index is 13.7. The average molecular weight is 1300 g/mol. The van der Waals surface area contributed by atoms with Gasteiger partial charge in [0, 0.05) is 27.2 Å². The number of hydrogen-bond acceptors (Lipinski definition) is 35. The summed E-state index contributed by atoms with van der Waals surface area (Å²) in [6.07, 6.45) is -58.1. The SMILES string of the molecule is CC(=O)N[C@H]1[C@H](O[C@H]2[C@@H](O)[C@@H](CO)O[C@@H](O[C@H]3[C@@H](O)[C@@H](CO)O[C@@H](O[C@@H]4[C@H](O[C@]5(C(=O)O)C[C@H](O)[C@@H](NC(C)=O)[C@H]([C@H](O)[C@H](O)CO)O5)[C@@H](O)[C@H](O[C@H]5[C@H](O)[C@@H](O)[C@H](OC[C@@H](CO)NC=O)O[C@@H]5CO)O[C@@H]4CO)[C@@H]3NC(C)=O)[C@@H]2O)O[C@H](CO)[C@H](O)[C@@H]1O. The minimum atomic E-state index is -3.43. The first kappa shape index (κ1) is 74.2. The van der Waals surface area contributed by atoms with Crippen molar-refractivity contribution in [1.29, 1.82) is 0 Å². The predicted molar refractivity (Wildman–Crippen MR) is 275 cm³/mol. The molecule has 6 aliphatic heterocycles. The highest BCUT2D eigenvalue weighted by Crippen LogP contribution is 2.41. The van der Waals surface area contributed by atoms with Crippen LogP contribution in [0.4, 0.5) is 0 Å². The van der Waals surface area contributed by atoms with Gasteiger partial charge in [0.2, 0.25) is 24.1 Å². The summed E-state index contributed by atoms with van der Waals surface area (Å²) in [5, 5.41) is 217. The molecule has 40 nitrogen and oxygen atoms in total. The maximum absolute atomic E-state index is 13.7. The van der Waals surface area contributed by atoms with Gasteiger partial charge in [0.05, 0.1) is 71.0 Å². The highest BCUT2D eigenvalue weighted by atomic mass is 16.8. The summed E-state index contributed by atoms with van der Waals surface area (Å²) in [6.45, 7) is -5.17. The fourth-order valence-corrected chi connectivity index (χ4v) is 11.0.